The van der Waals surface area contributed by atoms with Gasteiger partial charge in [-0.15, -0.1) is 0 Å². The minimum absolute atomic E-state index is 0.892. The fourth-order valence-corrected chi connectivity index (χ4v) is 1.26. The van der Waals surface area contributed by atoms with Crippen molar-refractivity contribution in [3.63, 3.8) is 0 Å². The van der Waals surface area contributed by atoms with Crippen molar-refractivity contribution in [3.8, 4) is 11.4 Å². The lowest BCUT2D eigenvalue weighted by Crippen LogP contribution is -1.86. The molecule has 66 valence electrons. The van der Waals surface area contributed by atoms with E-state index in [1.165, 1.54) is 5.56 Å². The third-order valence-electron chi connectivity index (χ3n) is 2.00. The van der Waals surface area contributed by atoms with Gasteiger partial charge in [-0.05, 0) is 25.5 Å². The highest BCUT2D eigenvalue weighted by Crippen LogP contribution is 2.17. The quantitative estimate of drug-likeness (QED) is 0.717. The number of imidazole rings is 1. The third kappa shape index (κ3) is 1.45. The summed E-state index contributed by atoms with van der Waals surface area (Å²) in [5.41, 5.74) is 3.32. The number of nitrogens with zero attached hydrogens (tertiary/aromatic N) is 2. The standard InChI is InChI=1S/C10H11N3/c1-7-3-4-11-6-9(7)10-12-5-8(2)13-10/h3-6H,1-2H3,(H,12,13). The minimum Gasteiger partial charge on any atom is -0.342 e. The van der Waals surface area contributed by atoms with Crippen LogP contribution < -0.4 is 0 Å². The molecule has 3 heteroatoms. The minimum atomic E-state index is 0.892. The zero-order chi connectivity index (χ0) is 9.26. The highest BCUT2D eigenvalue weighted by Gasteiger charge is 2.03. The van der Waals surface area contributed by atoms with Gasteiger partial charge in [-0.25, -0.2) is 4.98 Å². The Labute approximate surface area is 76.9 Å². The summed E-state index contributed by atoms with van der Waals surface area (Å²) in [6.45, 7) is 4.04. The summed E-state index contributed by atoms with van der Waals surface area (Å²) in [6.07, 6.45) is 5.43. The van der Waals surface area contributed by atoms with Crippen molar-refractivity contribution in [3.05, 3.63) is 35.9 Å². The molecule has 0 aliphatic carbocycles. The van der Waals surface area contributed by atoms with Gasteiger partial charge >= 0.3 is 0 Å². The maximum Gasteiger partial charge on any atom is 0.139 e. The van der Waals surface area contributed by atoms with Gasteiger partial charge in [0.05, 0.1) is 0 Å². The molecule has 0 bridgehead atoms. The van der Waals surface area contributed by atoms with Gasteiger partial charge in [0, 0.05) is 29.8 Å². The summed E-state index contributed by atoms with van der Waals surface area (Å²) >= 11 is 0. The van der Waals surface area contributed by atoms with Crippen molar-refractivity contribution < 1.29 is 0 Å². The van der Waals surface area contributed by atoms with Crippen LogP contribution >= 0.6 is 0 Å². The van der Waals surface area contributed by atoms with Crippen molar-refractivity contribution >= 4 is 0 Å². The van der Waals surface area contributed by atoms with Crippen molar-refractivity contribution in [2.24, 2.45) is 0 Å². The molecule has 0 unspecified atom stereocenters. The summed E-state index contributed by atoms with van der Waals surface area (Å²) in [6, 6.07) is 1.98. The molecule has 0 saturated heterocycles. The molecule has 1 N–H and O–H groups in total. The molecule has 2 aromatic rings. The predicted molar refractivity (Wildman–Crippen MR) is 51.3 cm³/mol. The van der Waals surface area contributed by atoms with Crippen molar-refractivity contribution in [2.75, 3.05) is 0 Å². The Balaban J connectivity index is 2.52. The van der Waals surface area contributed by atoms with Crippen LogP contribution in [0, 0.1) is 13.8 Å². The van der Waals surface area contributed by atoms with Crippen LogP contribution in [0.1, 0.15) is 11.3 Å². The number of aryl methyl sites for hydroxylation is 2. The molecule has 0 spiro atoms. The number of H-pyrrole nitrogens is 1. The van der Waals surface area contributed by atoms with Gasteiger partial charge < -0.3 is 4.98 Å². The molecule has 2 heterocycles. The molecule has 0 aromatic carbocycles. The number of nitrogens with one attached hydrogen (secondary N) is 1. The first-order valence-electron chi connectivity index (χ1n) is 4.20. The molecule has 0 fully saturated rings. The van der Waals surface area contributed by atoms with Gasteiger partial charge in [0.25, 0.3) is 0 Å². The summed E-state index contributed by atoms with van der Waals surface area (Å²) in [5.74, 6) is 0.892. The van der Waals surface area contributed by atoms with E-state index >= 15 is 0 Å². The first-order chi connectivity index (χ1) is 6.27. The molecular formula is C10H11N3. The Kier molecular flexibility index (Phi) is 1.85. The third-order valence-corrected chi connectivity index (χ3v) is 2.00. The van der Waals surface area contributed by atoms with Crippen LogP contribution in [0.5, 0.6) is 0 Å². The van der Waals surface area contributed by atoms with E-state index in [0.717, 1.165) is 17.1 Å². The number of hydrogen-bond donors (Lipinski definition) is 1. The van der Waals surface area contributed by atoms with E-state index in [2.05, 4.69) is 21.9 Å². The van der Waals surface area contributed by atoms with Crippen molar-refractivity contribution in [2.45, 2.75) is 13.8 Å². The fourth-order valence-electron chi connectivity index (χ4n) is 1.26. The fraction of sp³-hybridized carbons (Fsp3) is 0.200. The molecule has 0 atom stereocenters. The van der Waals surface area contributed by atoms with Crippen LogP contribution in [0.2, 0.25) is 0 Å². The Bertz CT molecular complexity index is 418. The maximum absolute atomic E-state index is 4.25. The van der Waals surface area contributed by atoms with E-state index in [4.69, 9.17) is 0 Å². The molecule has 3 nitrogen and oxygen atoms in total. The lowest BCUT2D eigenvalue weighted by molar-refractivity contribution is 1.21. The zero-order valence-electron chi connectivity index (χ0n) is 7.70. The summed E-state index contributed by atoms with van der Waals surface area (Å²) in [5, 5.41) is 0. The lowest BCUT2D eigenvalue weighted by Gasteiger charge is -1.99. The number of pyridine rings is 1. The average Bonchev–Trinajstić information content (AvgIpc) is 2.53. The Morgan fingerprint density at radius 2 is 2.08 bits per heavy atom. The molecule has 0 aliphatic rings. The number of aromatic nitrogens is 3. The molecule has 0 amide bonds. The smallest absolute Gasteiger partial charge is 0.139 e. The second-order valence-electron chi connectivity index (χ2n) is 3.11. The topological polar surface area (TPSA) is 41.6 Å². The first-order valence-corrected chi connectivity index (χ1v) is 4.20. The predicted octanol–water partition coefficient (Wildman–Crippen LogP) is 2.09. The van der Waals surface area contributed by atoms with Gasteiger partial charge in [0.2, 0.25) is 0 Å². The highest BCUT2D eigenvalue weighted by atomic mass is 14.9. The lowest BCUT2D eigenvalue weighted by atomic mass is 10.1. The molecule has 13 heavy (non-hydrogen) atoms. The molecule has 0 aliphatic heterocycles. The summed E-state index contributed by atoms with van der Waals surface area (Å²) in [4.78, 5) is 11.5. The van der Waals surface area contributed by atoms with Crippen LogP contribution in [-0.4, -0.2) is 15.0 Å². The van der Waals surface area contributed by atoms with E-state index < -0.39 is 0 Å². The molecule has 0 saturated carbocycles. The van der Waals surface area contributed by atoms with Gasteiger partial charge in [-0.1, -0.05) is 0 Å². The second-order valence-corrected chi connectivity index (χ2v) is 3.11. The number of rotatable bonds is 1. The highest BCUT2D eigenvalue weighted by molar-refractivity contribution is 5.58. The van der Waals surface area contributed by atoms with Crippen LogP contribution in [0.3, 0.4) is 0 Å². The zero-order valence-corrected chi connectivity index (χ0v) is 7.70. The summed E-state index contributed by atoms with van der Waals surface area (Å²) in [7, 11) is 0. The van der Waals surface area contributed by atoms with Crippen molar-refractivity contribution in [1.29, 1.82) is 0 Å². The second kappa shape index (κ2) is 3.01. The monoisotopic (exact) mass is 173 g/mol. The van der Waals surface area contributed by atoms with Gasteiger partial charge in [-0.3, -0.25) is 4.98 Å². The normalized spacial score (nSPS) is 10.3. The Morgan fingerprint density at radius 3 is 2.69 bits per heavy atom. The van der Waals surface area contributed by atoms with E-state index in [9.17, 15) is 0 Å². The van der Waals surface area contributed by atoms with E-state index in [0.29, 0.717) is 0 Å². The number of aromatic amines is 1. The van der Waals surface area contributed by atoms with Gasteiger partial charge in [0.15, 0.2) is 0 Å². The molecular weight excluding hydrogens is 162 g/mol. The molecule has 2 rings (SSSR count). The first kappa shape index (κ1) is 7.98. The van der Waals surface area contributed by atoms with E-state index in [1.54, 1.807) is 6.20 Å². The van der Waals surface area contributed by atoms with Gasteiger partial charge in [-0.2, -0.15) is 0 Å². The number of hydrogen-bond acceptors (Lipinski definition) is 2. The SMILES string of the molecule is Cc1cnc(-c2cnccc2C)[nH]1. The van der Waals surface area contributed by atoms with Crippen molar-refractivity contribution in [1.82, 2.24) is 15.0 Å². The largest absolute Gasteiger partial charge is 0.342 e. The average molecular weight is 173 g/mol. The Morgan fingerprint density at radius 1 is 1.23 bits per heavy atom. The van der Waals surface area contributed by atoms with Gasteiger partial charge in [0.1, 0.15) is 5.82 Å². The van der Waals surface area contributed by atoms with E-state index in [-0.39, 0.29) is 0 Å². The maximum atomic E-state index is 4.25. The van der Waals surface area contributed by atoms with Crippen LogP contribution in [0.4, 0.5) is 0 Å². The van der Waals surface area contributed by atoms with Crippen LogP contribution in [0.25, 0.3) is 11.4 Å². The van der Waals surface area contributed by atoms with Crippen LogP contribution in [-0.2, 0) is 0 Å². The Hall–Kier alpha value is -1.64. The van der Waals surface area contributed by atoms with Crippen LogP contribution in [0.15, 0.2) is 24.7 Å². The molecule has 2 aromatic heterocycles. The van der Waals surface area contributed by atoms with E-state index in [1.807, 2.05) is 25.4 Å². The summed E-state index contributed by atoms with van der Waals surface area (Å²) < 4.78 is 0. The molecule has 0 radical (unpaired) electrons.